The molecule has 0 saturated heterocycles. The first-order valence-corrected chi connectivity index (χ1v) is 11.1. The Morgan fingerprint density at radius 3 is 2.56 bits per heavy atom. The van der Waals surface area contributed by atoms with Gasteiger partial charge in [0.1, 0.15) is 0 Å². The quantitative estimate of drug-likeness (QED) is 0.398. The molecule has 1 N–H and O–H groups in total. The molecular weight excluding hydrogens is 452 g/mol. The van der Waals surface area contributed by atoms with Crippen LogP contribution in [0, 0.1) is 0 Å². The van der Waals surface area contributed by atoms with Crippen LogP contribution in [0.15, 0.2) is 52.4 Å². The van der Waals surface area contributed by atoms with Gasteiger partial charge in [-0.2, -0.15) is 0 Å². The minimum atomic E-state index is -0.264. The highest BCUT2D eigenvalue weighted by Crippen LogP contribution is 2.21. The zero-order chi connectivity index (χ0) is 23.3. The molecule has 3 aromatic rings. The summed E-state index contributed by atoms with van der Waals surface area (Å²) in [5.74, 6) is -0.334. The van der Waals surface area contributed by atoms with Crippen LogP contribution < -0.4 is 10.9 Å². The second-order valence-electron chi connectivity index (χ2n) is 7.12. The summed E-state index contributed by atoms with van der Waals surface area (Å²) in [5.41, 5.74) is 1.36. The molecule has 0 aliphatic rings. The van der Waals surface area contributed by atoms with Gasteiger partial charge in [0, 0.05) is 37.5 Å². The van der Waals surface area contributed by atoms with Crippen LogP contribution in [0.2, 0.25) is 5.02 Å². The molecule has 0 atom stereocenters. The summed E-state index contributed by atoms with van der Waals surface area (Å²) in [6.45, 7) is 0.644. The molecule has 8 nitrogen and oxygen atoms in total. The van der Waals surface area contributed by atoms with Crippen LogP contribution in [0.4, 0.5) is 5.69 Å². The summed E-state index contributed by atoms with van der Waals surface area (Å²) < 4.78 is 6.61. The fourth-order valence-electron chi connectivity index (χ4n) is 2.95. The lowest BCUT2D eigenvalue weighted by atomic mass is 10.2. The van der Waals surface area contributed by atoms with Gasteiger partial charge >= 0.3 is 0 Å². The zero-order valence-corrected chi connectivity index (χ0v) is 19.5. The molecule has 3 rings (SSSR count). The van der Waals surface area contributed by atoms with Gasteiger partial charge < -0.3 is 15.0 Å². The van der Waals surface area contributed by atoms with Crippen molar-refractivity contribution in [3.63, 3.8) is 0 Å². The van der Waals surface area contributed by atoms with E-state index in [1.807, 2.05) is 0 Å². The second kappa shape index (κ2) is 10.6. The lowest BCUT2D eigenvalue weighted by Crippen LogP contribution is -2.26. The van der Waals surface area contributed by atoms with Crippen molar-refractivity contribution in [2.24, 2.45) is 0 Å². The highest BCUT2D eigenvalue weighted by Gasteiger charge is 2.14. The van der Waals surface area contributed by atoms with Gasteiger partial charge in [-0.3, -0.25) is 19.0 Å². The SMILES string of the molecule is COCCn1c(SCC(=O)Nc2ccc(C(=O)N(C)C)cc2)nc2cc(Cl)ccc2c1=O. The summed E-state index contributed by atoms with van der Waals surface area (Å²) in [4.78, 5) is 43.4. The first-order valence-electron chi connectivity index (χ1n) is 9.73. The molecular formula is C22H23ClN4O4S. The van der Waals surface area contributed by atoms with Crippen LogP contribution in [-0.4, -0.2) is 59.8 Å². The highest BCUT2D eigenvalue weighted by molar-refractivity contribution is 7.99. The van der Waals surface area contributed by atoms with Gasteiger partial charge in [0.25, 0.3) is 11.5 Å². The van der Waals surface area contributed by atoms with Gasteiger partial charge in [0.05, 0.1) is 29.8 Å². The molecule has 0 unspecified atom stereocenters. The third-order valence-corrected chi connectivity index (χ3v) is 5.77. The molecule has 32 heavy (non-hydrogen) atoms. The Morgan fingerprint density at radius 1 is 1.19 bits per heavy atom. The molecule has 0 fully saturated rings. The Morgan fingerprint density at radius 2 is 1.91 bits per heavy atom. The number of benzene rings is 2. The Labute approximate surface area is 194 Å². The molecule has 0 aliphatic carbocycles. The summed E-state index contributed by atoms with van der Waals surface area (Å²) in [5, 5.41) is 4.12. The number of nitrogens with one attached hydrogen (secondary N) is 1. The van der Waals surface area contributed by atoms with E-state index < -0.39 is 0 Å². The van der Waals surface area contributed by atoms with Crippen molar-refractivity contribution in [2.75, 3.05) is 38.9 Å². The summed E-state index contributed by atoms with van der Waals surface area (Å²) in [6, 6.07) is 11.6. The highest BCUT2D eigenvalue weighted by atomic mass is 35.5. The zero-order valence-electron chi connectivity index (χ0n) is 17.9. The van der Waals surface area contributed by atoms with Gasteiger partial charge in [-0.15, -0.1) is 0 Å². The lowest BCUT2D eigenvalue weighted by Gasteiger charge is -2.13. The third kappa shape index (κ3) is 5.67. The van der Waals surface area contributed by atoms with Crippen LogP contribution in [-0.2, 0) is 16.1 Å². The van der Waals surface area contributed by atoms with E-state index in [1.165, 1.54) is 9.47 Å². The summed E-state index contributed by atoms with van der Waals surface area (Å²) in [7, 11) is 4.91. The number of aromatic nitrogens is 2. The minimum absolute atomic E-state index is 0.0455. The maximum absolute atomic E-state index is 12.9. The van der Waals surface area contributed by atoms with Crippen molar-refractivity contribution in [1.82, 2.24) is 14.5 Å². The Balaban J connectivity index is 1.75. The van der Waals surface area contributed by atoms with Crippen LogP contribution in [0.3, 0.4) is 0 Å². The van der Waals surface area contributed by atoms with Gasteiger partial charge in [0.2, 0.25) is 5.91 Å². The second-order valence-corrected chi connectivity index (χ2v) is 8.50. The maximum Gasteiger partial charge on any atom is 0.262 e. The third-order valence-electron chi connectivity index (χ3n) is 4.56. The first-order chi connectivity index (χ1) is 15.3. The number of carbonyl (C=O) groups is 2. The average molecular weight is 475 g/mol. The number of hydrogen-bond acceptors (Lipinski definition) is 6. The number of amides is 2. The van der Waals surface area contributed by atoms with Crippen LogP contribution in [0.1, 0.15) is 10.4 Å². The maximum atomic E-state index is 12.9. The van der Waals surface area contributed by atoms with Crippen molar-refractivity contribution in [1.29, 1.82) is 0 Å². The molecule has 0 saturated carbocycles. The van der Waals surface area contributed by atoms with E-state index in [0.717, 1.165) is 11.8 Å². The van der Waals surface area contributed by atoms with Crippen molar-refractivity contribution < 1.29 is 14.3 Å². The first kappa shape index (κ1) is 23.8. The molecule has 10 heteroatoms. The normalized spacial score (nSPS) is 10.9. The van der Waals surface area contributed by atoms with Crippen LogP contribution in [0.5, 0.6) is 0 Å². The number of ether oxygens (including phenoxy) is 1. The van der Waals surface area contributed by atoms with Gasteiger partial charge in [-0.1, -0.05) is 23.4 Å². The molecule has 0 radical (unpaired) electrons. The largest absolute Gasteiger partial charge is 0.383 e. The van der Waals surface area contributed by atoms with Crippen LogP contribution in [0.25, 0.3) is 10.9 Å². The van der Waals surface area contributed by atoms with E-state index in [1.54, 1.807) is 63.7 Å². The number of nitrogens with zero attached hydrogens (tertiary/aromatic N) is 3. The molecule has 1 aromatic heterocycles. The number of anilines is 1. The number of carbonyl (C=O) groups excluding carboxylic acids is 2. The van der Waals surface area contributed by atoms with E-state index >= 15 is 0 Å². The molecule has 2 amide bonds. The van der Waals surface area contributed by atoms with Gasteiger partial charge in [-0.05, 0) is 42.5 Å². The molecule has 1 heterocycles. The number of fused-ring (bicyclic) bond motifs is 1. The number of rotatable bonds is 8. The molecule has 0 bridgehead atoms. The Kier molecular flexibility index (Phi) is 7.89. The fourth-order valence-corrected chi connectivity index (χ4v) is 3.94. The van der Waals surface area contributed by atoms with E-state index in [-0.39, 0.29) is 23.1 Å². The number of halogens is 1. The summed E-state index contributed by atoms with van der Waals surface area (Å²) >= 11 is 7.20. The van der Waals surface area contributed by atoms with Crippen molar-refractivity contribution in [3.8, 4) is 0 Å². The molecule has 0 aliphatic heterocycles. The number of hydrogen-bond donors (Lipinski definition) is 1. The van der Waals surface area contributed by atoms with E-state index in [9.17, 15) is 14.4 Å². The van der Waals surface area contributed by atoms with E-state index in [4.69, 9.17) is 16.3 Å². The summed E-state index contributed by atoms with van der Waals surface area (Å²) in [6.07, 6.45) is 0. The predicted molar refractivity (Wildman–Crippen MR) is 127 cm³/mol. The topological polar surface area (TPSA) is 93.5 Å². The molecule has 0 spiro atoms. The van der Waals surface area contributed by atoms with E-state index in [0.29, 0.717) is 45.5 Å². The van der Waals surface area contributed by atoms with Crippen molar-refractivity contribution in [2.45, 2.75) is 11.7 Å². The smallest absolute Gasteiger partial charge is 0.262 e. The monoisotopic (exact) mass is 474 g/mol. The Bertz CT molecular complexity index is 1190. The van der Waals surface area contributed by atoms with E-state index in [2.05, 4.69) is 10.3 Å². The van der Waals surface area contributed by atoms with Crippen molar-refractivity contribution >= 4 is 51.8 Å². The lowest BCUT2D eigenvalue weighted by molar-refractivity contribution is -0.113. The number of methoxy groups -OCH3 is 1. The van der Waals surface area contributed by atoms with Crippen molar-refractivity contribution in [3.05, 3.63) is 63.4 Å². The Hall–Kier alpha value is -2.88. The fraction of sp³-hybridized carbons (Fsp3) is 0.273. The number of thioether (sulfide) groups is 1. The average Bonchev–Trinajstić information content (AvgIpc) is 2.77. The van der Waals surface area contributed by atoms with Gasteiger partial charge in [0.15, 0.2) is 5.16 Å². The molecule has 168 valence electrons. The van der Waals surface area contributed by atoms with Crippen LogP contribution >= 0.6 is 23.4 Å². The standard InChI is InChI=1S/C22H23ClN4O4S/c1-26(2)20(29)14-4-7-16(8-5-14)24-19(28)13-32-22-25-18-12-15(23)6-9-17(18)21(30)27(22)10-11-31-3/h4-9,12H,10-11,13H2,1-3H3,(H,24,28). The predicted octanol–water partition coefficient (Wildman–Crippen LogP) is 3.13. The van der Waals surface area contributed by atoms with Gasteiger partial charge in [-0.25, -0.2) is 4.98 Å². The molecule has 2 aromatic carbocycles. The minimum Gasteiger partial charge on any atom is -0.383 e.